The van der Waals surface area contributed by atoms with Crippen molar-refractivity contribution < 1.29 is 14.3 Å². The van der Waals surface area contributed by atoms with E-state index in [9.17, 15) is 9.59 Å². The van der Waals surface area contributed by atoms with Gasteiger partial charge in [-0.15, -0.1) is 0 Å². The van der Waals surface area contributed by atoms with Crippen molar-refractivity contribution in [1.29, 1.82) is 0 Å². The zero-order chi connectivity index (χ0) is 16.5. The Morgan fingerprint density at radius 3 is 2.27 bits per heavy atom. The Morgan fingerprint density at radius 1 is 1.14 bits per heavy atom. The summed E-state index contributed by atoms with van der Waals surface area (Å²) in [6, 6.07) is 7.66. The van der Waals surface area contributed by atoms with Gasteiger partial charge in [0.1, 0.15) is 5.25 Å². The minimum absolute atomic E-state index is 0.0678. The summed E-state index contributed by atoms with van der Waals surface area (Å²) >= 11 is 1.08. The Morgan fingerprint density at radius 2 is 1.77 bits per heavy atom. The number of aryl methyl sites for hydroxylation is 1. The van der Waals surface area contributed by atoms with E-state index in [1.165, 1.54) is 5.56 Å². The number of benzene rings is 1. The quantitative estimate of drug-likeness (QED) is 0.661. The molecule has 0 saturated carbocycles. The van der Waals surface area contributed by atoms with Crippen LogP contribution in [0.5, 0.6) is 0 Å². The molecule has 1 aromatic rings. The summed E-state index contributed by atoms with van der Waals surface area (Å²) in [5.41, 5.74) is 1.87. The number of ether oxygens (including phenoxy) is 1. The predicted molar refractivity (Wildman–Crippen MR) is 92.2 cm³/mol. The van der Waals surface area contributed by atoms with Crippen LogP contribution in [0.3, 0.4) is 0 Å². The van der Waals surface area contributed by atoms with Crippen LogP contribution in [-0.4, -0.2) is 22.9 Å². The minimum atomic E-state index is -0.428. The number of carbonyl (C=O) groups excluding carboxylic acids is 2. The molecule has 0 aliphatic heterocycles. The highest BCUT2D eigenvalue weighted by Crippen LogP contribution is 2.25. The first-order chi connectivity index (χ1) is 10.5. The van der Waals surface area contributed by atoms with E-state index in [1.54, 1.807) is 6.92 Å². The van der Waals surface area contributed by atoms with E-state index in [1.807, 2.05) is 38.1 Å². The van der Waals surface area contributed by atoms with E-state index in [-0.39, 0.29) is 11.1 Å². The number of rotatable bonds is 8. The van der Waals surface area contributed by atoms with Gasteiger partial charge in [0.2, 0.25) is 5.12 Å². The third-order valence-corrected chi connectivity index (χ3v) is 4.33. The molecule has 22 heavy (non-hydrogen) atoms. The molecule has 0 fully saturated rings. The smallest absolute Gasteiger partial charge is 0.319 e. The highest BCUT2D eigenvalue weighted by molar-refractivity contribution is 8.15. The van der Waals surface area contributed by atoms with E-state index in [4.69, 9.17) is 4.74 Å². The van der Waals surface area contributed by atoms with Gasteiger partial charge in [0.05, 0.1) is 6.61 Å². The zero-order valence-electron chi connectivity index (χ0n) is 13.9. The largest absolute Gasteiger partial charge is 0.465 e. The maximum Gasteiger partial charge on any atom is 0.319 e. The molecule has 0 spiro atoms. The molecule has 0 heterocycles. The molecule has 0 aliphatic rings. The van der Waals surface area contributed by atoms with Crippen LogP contribution in [0.2, 0.25) is 0 Å². The molecular formula is C18H26O3S. The van der Waals surface area contributed by atoms with Crippen molar-refractivity contribution in [2.45, 2.75) is 52.2 Å². The second kappa shape index (κ2) is 9.67. The maximum atomic E-state index is 12.4. The Hall–Kier alpha value is -1.29. The second-order valence-electron chi connectivity index (χ2n) is 5.72. The fraction of sp³-hybridized carbons (Fsp3) is 0.556. The van der Waals surface area contributed by atoms with Crippen molar-refractivity contribution in [2.75, 3.05) is 6.61 Å². The molecule has 1 rings (SSSR count). The van der Waals surface area contributed by atoms with Gasteiger partial charge in [0, 0.05) is 5.56 Å². The van der Waals surface area contributed by atoms with Gasteiger partial charge in [-0.3, -0.25) is 9.59 Å². The topological polar surface area (TPSA) is 43.4 Å². The Balaban J connectivity index is 2.74. The molecule has 0 aromatic heterocycles. The second-order valence-corrected chi connectivity index (χ2v) is 6.90. The van der Waals surface area contributed by atoms with Crippen LogP contribution in [0, 0.1) is 5.92 Å². The van der Waals surface area contributed by atoms with Gasteiger partial charge in [-0.2, -0.15) is 0 Å². The molecule has 1 atom stereocenters. The van der Waals surface area contributed by atoms with Gasteiger partial charge < -0.3 is 4.74 Å². The average Bonchev–Trinajstić information content (AvgIpc) is 2.47. The van der Waals surface area contributed by atoms with Gasteiger partial charge >= 0.3 is 5.97 Å². The molecular weight excluding hydrogens is 296 g/mol. The van der Waals surface area contributed by atoms with Crippen molar-refractivity contribution in [1.82, 2.24) is 0 Å². The standard InChI is InChI=1S/C18H26O3S/c1-5-7-14-8-10-15(11-9-14)18(20)22-16(12-13(3)4)17(19)21-6-2/h8-11,13,16H,5-7,12H2,1-4H3. The summed E-state index contributed by atoms with van der Waals surface area (Å²) in [5, 5.41) is -0.496. The molecule has 1 unspecified atom stereocenters. The van der Waals surface area contributed by atoms with Gasteiger partial charge in [0.15, 0.2) is 0 Å². The van der Waals surface area contributed by atoms with Crippen LogP contribution in [0.15, 0.2) is 24.3 Å². The van der Waals surface area contributed by atoms with E-state index in [0.29, 0.717) is 24.5 Å². The van der Waals surface area contributed by atoms with Crippen LogP contribution in [0.4, 0.5) is 0 Å². The molecule has 4 heteroatoms. The number of esters is 1. The molecule has 0 bridgehead atoms. The molecule has 0 amide bonds. The van der Waals surface area contributed by atoms with Gasteiger partial charge in [-0.1, -0.05) is 63.2 Å². The highest BCUT2D eigenvalue weighted by atomic mass is 32.2. The molecule has 0 aliphatic carbocycles. The van der Waals surface area contributed by atoms with Crippen molar-refractivity contribution in [2.24, 2.45) is 5.92 Å². The number of carbonyl (C=O) groups is 2. The van der Waals surface area contributed by atoms with Crippen molar-refractivity contribution in [3.05, 3.63) is 35.4 Å². The van der Waals surface area contributed by atoms with Gasteiger partial charge in [-0.25, -0.2) is 0 Å². The van der Waals surface area contributed by atoms with Crippen LogP contribution in [0.1, 0.15) is 56.5 Å². The van der Waals surface area contributed by atoms with E-state index in [0.717, 1.165) is 24.6 Å². The lowest BCUT2D eigenvalue weighted by Gasteiger charge is -2.16. The van der Waals surface area contributed by atoms with Crippen molar-refractivity contribution in [3.63, 3.8) is 0 Å². The first-order valence-electron chi connectivity index (χ1n) is 7.94. The maximum absolute atomic E-state index is 12.4. The fourth-order valence-corrected chi connectivity index (χ4v) is 3.33. The highest BCUT2D eigenvalue weighted by Gasteiger charge is 2.25. The van der Waals surface area contributed by atoms with Crippen LogP contribution in [0.25, 0.3) is 0 Å². The minimum Gasteiger partial charge on any atom is -0.465 e. The Bertz CT molecular complexity index is 480. The Labute approximate surface area is 137 Å². The normalized spacial score (nSPS) is 12.2. The SMILES string of the molecule is CCCc1ccc(C(=O)SC(CC(C)C)C(=O)OCC)cc1. The lowest BCUT2D eigenvalue weighted by molar-refractivity contribution is -0.142. The van der Waals surface area contributed by atoms with Gasteiger partial charge in [0.25, 0.3) is 0 Å². The van der Waals surface area contributed by atoms with E-state index in [2.05, 4.69) is 6.92 Å². The summed E-state index contributed by atoms with van der Waals surface area (Å²) in [7, 11) is 0. The first kappa shape index (κ1) is 18.8. The monoisotopic (exact) mass is 322 g/mol. The third kappa shape index (κ3) is 6.22. The van der Waals surface area contributed by atoms with E-state index < -0.39 is 5.25 Å². The summed E-state index contributed by atoms with van der Waals surface area (Å²) in [4.78, 5) is 24.4. The first-order valence-corrected chi connectivity index (χ1v) is 8.82. The van der Waals surface area contributed by atoms with Crippen LogP contribution in [-0.2, 0) is 16.0 Å². The number of hydrogen-bond acceptors (Lipinski definition) is 4. The molecule has 0 radical (unpaired) electrons. The molecule has 1 aromatic carbocycles. The summed E-state index contributed by atoms with van der Waals surface area (Å²) in [6.07, 6.45) is 2.74. The summed E-state index contributed by atoms with van der Waals surface area (Å²) in [6.45, 7) is 8.33. The third-order valence-electron chi connectivity index (χ3n) is 3.21. The van der Waals surface area contributed by atoms with E-state index >= 15 is 0 Å². The van der Waals surface area contributed by atoms with Crippen molar-refractivity contribution in [3.8, 4) is 0 Å². The number of thioether (sulfide) groups is 1. The zero-order valence-corrected chi connectivity index (χ0v) is 14.7. The molecule has 122 valence electrons. The lowest BCUT2D eigenvalue weighted by atomic mass is 10.1. The van der Waals surface area contributed by atoms with Crippen LogP contribution >= 0.6 is 11.8 Å². The van der Waals surface area contributed by atoms with Gasteiger partial charge in [-0.05, 0) is 31.2 Å². The lowest BCUT2D eigenvalue weighted by Crippen LogP contribution is -2.23. The average molecular weight is 322 g/mol. The summed E-state index contributed by atoms with van der Waals surface area (Å²) < 4.78 is 5.08. The molecule has 3 nitrogen and oxygen atoms in total. The summed E-state index contributed by atoms with van der Waals surface area (Å²) in [5.74, 6) is 0.0405. The van der Waals surface area contributed by atoms with Crippen LogP contribution < -0.4 is 0 Å². The predicted octanol–water partition coefficient (Wildman–Crippen LogP) is 4.49. The number of hydrogen-bond donors (Lipinski definition) is 0. The molecule has 0 N–H and O–H groups in total. The fourth-order valence-electron chi connectivity index (χ4n) is 2.15. The Kier molecular flexibility index (Phi) is 8.25. The van der Waals surface area contributed by atoms with Crippen molar-refractivity contribution >= 4 is 22.8 Å². The molecule has 0 saturated heterocycles.